The van der Waals surface area contributed by atoms with Crippen molar-refractivity contribution in [3.8, 4) is 0 Å². The second kappa shape index (κ2) is 21.6. The largest absolute Gasteiger partial charge is 1.00 e. The van der Waals surface area contributed by atoms with E-state index in [4.69, 9.17) is 8.92 Å². The van der Waals surface area contributed by atoms with Crippen molar-refractivity contribution in [2.24, 2.45) is 0 Å². The van der Waals surface area contributed by atoms with Gasteiger partial charge in [0.05, 0.1) is 12.7 Å². The number of unbranched alkanes of at least 4 members (excludes halogenated alkanes) is 10. The number of hydrogen-bond donors (Lipinski definition) is 0. The van der Waals surface area contributed by atoms with E-state index in [1.807, 2.05) is 6.92 Å². The van der Waals surface area contributed by atoms with Crippen molar-refractivity contribution < 1.29 is 56.2 Å². The third-order valence-electron chi connectivity index (χ3n) is 4.76. The number of hydrogen-bond acceptors (Lipinski definition) is 6. The van der Waals surface area contributed by atoms with Gasteiger partial charge in [-0.05, 0) is 25.7 Å². The quantitative estimate of drug-likeness (QED) is 0.0942. The molecule has 0 aliphatic carbocycles. The number of ether oxygens (including phenoxy) is 1. The molecule has 29 heavy (non-hydrogen) atoms. The molecule has 0 saturated heterocycles. The van der Waals surface area contributed by atoms with Gasteiger partial charge in [0.2, 0.25) is 10.4 Å². The van der Waals surface area contributed by atoms with Crippen molar-refractivity contribution in [1.29, 1.82) is 0 Å². The predicted octanol–water partition coefficient (Wildman–Crippen LogP) is 2.66. The minimum Gasteiger partial charge on any atom is -0.726 e. The molecule has 1 unspecified atom stereocenters. The van der Waals surface area contributed by atoms with Gasteiger partial charge >= 0.3 is 35.5 Å². The van der Waals surface area contributed by atoms with Crippen LogP contribution in [-0.2, 0) is 24.1 Å². The zero-order chi connectivity index (χ0) is 21.1. The Morgan fingerprint density at radius 1 is 0.793 bits per heavy atom. The van der Waals surface area contributed by atoms with E-state index in [9.17, 15) is 17.8 Å². The molecular weight excluding hydrogens is 403 g/mol. The van der Waals surface area contributed by atoms with Gasteiger partial charge in [0.25, 0.3) is 0 Å². The van der Waals surface area contributed by atoms with Gasteiger partial charge in [-0.3, -0.25) is 8.98 Å². The molecule has 0 aromatic carbocycles. The van der Waals surface area contributed by atoms with E-state index in [-0.39, 0.29) is 35.5 Å². The molecule has 168 valence electrons. The summed E-state index contributed by atoms with van der Waals surface area (Å²) < 4.78 is 42.6. The smallest absolute Gasteiger partial charge is 0.726 e. The summed E-state index contributed by atoms with van der Waals surface area (Å²) in [5, 5.41) is 0. The molecule has 0 aliphatic heterocycles. The second-order valence-corrected chi connectivity index (χ2v) is 8.57. The summed E-state index contributed by atoms with van der Waals surface area (Å²) >= 11 is 0. The molecule has 6 nitrogen and oxygen atoms in total. The third kappa shape index (κ3) is 24.5. The summed E-state index contributed by atoms with van der Waals surface area (Å²) in [6, 6.07) is 0. The summed E-state index contributed by atoms with van der Waals surface area (Å²) in [6.07, 6.45) is 14.6. The predicted molar refractivity (Wildman–Crippen MR) is 111 cm³/mol. The average molecular weight is 445 g/mol. The van der Waals surface area contributed by atoms with Crippen molar-refractivity contribution in [2.75, 3.05) is 6.61 Å². The van der Waals surface area contributed by atoms with E-state index in [1.54, 1.807) is 0 Å². The van der Waals surface area contributed by atoms with Crippen LogP contribution in [0.1, 0.15) is 117 Å². The average Bonchev–Trinajstić information content (AvgIpc) is 2.63. The van der Waals surface area contributed by atoms with Crippen LogP contribution in [0.25, 0.3) is 0 Å². The van der Waals surface area contributed by atoms with Gasteiger partial charge in [-0.2, -0.15) is 0 Å². The number of esters is 1. The fraction of sp³-hybridized carbons (Fsp3) is 0.952. The molecule has 0 bridgehead atoms. The van der Waals surface area contributed by atoms with Crippen LogP contribution in [0.3, 0.4) is 0 Å². The fourth-order valence-corrected chi connectivity index (χ4v) is 3.72. The Bertz CT molecular complexity index is 470. The van der Waals surface area contributed by atoms with E-state index >= 15 is 0 Å². The van der Waals surface area contributed by atoms with Crippen LogP contribution in [-0.4, -0.2) is 31.7 Å². The first kappa shape index (κ1) is 31.5. The molecular formula is C21H41NaO6S. The van der Waals surface area contributed by atoms with Gasteiger partial charge < -0.3 is 9.29 Å². The molecule has 0 aromatic rings. The first-order chi connectivity index (χ1) is 13.4. The standard InChI is InChI=1S/C21H42O6S.Na/c1-3-5-6-7-10-13-16-20(27-28(23,24)25)17-14-11-8-9-12-15-18-21(22)26-19-4-2;/h20H,3-19H2,1-2H3,(H,23,24,25);/q;+1/p-1. The molecule has 0 spiro atoms. The van der Waals surface area contributed by atoms with Gasteiger partial charge in [0, 0.05) is 6.42 Å². The van der Waals surface area contributed by atoms with E-state index in [1.165, 1.54) is 19.3 Å². The molecule has 8 heteroatoms. The van der Waals surface area contributed by atoms with Gasteiger partial charge in [-0.15, -0.1) is 0 Å². The molecule has 0 saturated carbocycles. The third-order valence-corrected chi connectivity index (χ3v) is 5.27. The van der Waals surface area contributed by atoms with Crippen LogP contribution in [0, 0.1) is 0 Å². The fourth-order valence-electron chi connectivity index (χ4n) is 3.20. The van der Waals surface area contributed by atoms with Crippen molar-refractivity contribution >= 4 is 16.4 Å². The molecule has 0 fully saturated rings. The van der Waals surface area contributed by atoms with Crippen molar-refractivity contribution in [3.05, 3.63) is 0 Å². The Morgan fingerprint density at radius 3 is 1.76 bits per heavy atom. The van der Waals surface area contributed by atoms with Crippen molar-refractivity contribution in [3.63, 3.8) is 0 Å². The zero-order valence-electron chi connectivity index (χ0n) is 19.0. The minimum atomic E-state index is -4.64. The van der Waals surface area contributed by atoms with Gasteiger partial charge in [0.1, 0.15) is 0 Å². The first-order valence-corrected chi connectivity index (χ1v) is 12.5. The summed E-state index contributed by atoms with van der Waals surface area (Å²) in [6.45, 7) is 4.65. The van der Waals surface area contributed by atoms with E-state index in [0.717, 1.165) is 64.2 Å². The molecule has 0 N–H and O–H groups in total. The van der Waals surface area contributed by atoms with Gasteiger partial charge in [0.15, 0.2) is 0 Å². The van der Waals surface area contributed by atoms with E-state index < -0.39 is 16.5 Å². The molecule has 0 rings (SSSR count). The Labute approximate surface area is 201 Å². The summed E-state index contributed by atoms with van der Waals surface area (Å²) in [5.41, 5.74) is 0. The SMILES string of the molecule is CCCCCCCCC(CCCCCCCCC(=O)OCCC)OS(=O)(=O)[O-].[Na+]. The molecule has 0 aliphatic rings. The van der Waals surface area contributed by atoms with Gasteiger partial charge in [-0.1, -0.05) is 84.5 Å². The summed E-state index contributed by atoms with van der Waals surface area (Å²) in [4.78, 5) is 11.4. The first-order valence-electron chi connectivity index (χ1n) is 11.2. The van der Waals surface area contributed by atoms with Crippen LogP contribution in [0.5, 0.6) is 0 Å². The molecule has 0 radical (unpaired) electrons. The monoisotopic (exact) mass is 444 g/mol. The van der Waals surface area contributed by atoms with Crippen molar-refractivity contribution in [1.82, 2.24) is 0 Å². The second-order valence-electron chi connectivity index (χ2n) is 7.56. The Hall–Kier alpha value is 0.340. The van der Waals surface area contributed by atoms with E-state index in [2.05, 4.69) is 6.92 Å². The Kier molecular flexibility index (Phi) is 23.4. The molecule has 0 aromatic heterocycles. The van der Waals surface area contributed by atoms with Crippen LogP contribution in [0.4, 0.5) is 0 Å². The van der Waals surface area contributed by atoms with Crippen LogP contribution < -0.4 is 29.6 Å². The van der Waals surface area contributed by atoms with Crippen LogP contribution in [0.2, 0.25) is 0 Å². The number of carbonyl (C=O) groups excluding carboxylic acids is 1. The Morgan fingerprint density at radius 2 is 1.28 bits per heavy atom. The maximum Gasteiger partial charge on any atom is 1.00 e. The molecule has 0 amide bonds. The maximum atomic E-state index is 11.4. The molecule has 0 heterocycles. The van der Waals surface area contributed by atoms with E-state index in [0.29, 0.717) is 25.9 Å². The number of rotatable bonds is 20. The number of carbonyl (C=O) groups is 1. The normalized spacial score (nSPS) is 12.4. The summed E-state index contributed by atoms with van der Waals surface area (Å²) in [5.74, 6) is -0.115. The van der Waals surface area contributed by atoms with Crippen LogP contribution >= 0.6 is 0 Å². The molecule has 1 atom stereocenters. The maximum absolute atomic E-state index is 11.4. The van der Waals surface area contributed by atoms with Gasteiger partial charge in [-0.25, -0.2) is 8.42 Å². The van der Waals surface area contributed by atoms with Crippen molar-refractivity contribution in [2.45, 2.75) is 123 Å². The minimum absolute atomic E-state index is 0. The zero-order valence-corrected chi connectivity index (χ0v) is 21.8. The topological polar surface area (TPSA) is 92.7 Å². The van der Waals surface area contributed by atoms with Crippen LogP contribution in [0.15, 0.2) is 0 Å². The summed E-state index contributed by atoms with van der Waals surface area (Å²) in [7, 11) is -4.64. The Balaban J connectivity index is 0.